The predicted octanol–water partition coefficient (Wildman–Crippen LogP) is 13.8. The van der Waals surface area contributed by atoms with Crippen molar-refractivity contribution in [2.24, 2.45) is 0 Å². The van der Waals surface area contributed by atoms with Crippen LogP contribution in [-0.4, -0.2) is 4.57 Å². The Morgan fingerprint density at radius 3 is 1.45 bits per heavy atom. The van der Waals surface area contributed by atoms with Gasteiger partial charge in [-0.15, -0.1) is 0 Å². The number of aryl methyl sites for hydroxylation is 1. The second-order valence-electron chi connectivity index (χ2n) is 11.6. The molecule has 8 rings (SSSR count). The number of hydrogen-bond acceptors (Lipinski definition) is 0. The highest BCUT2D eigenvalue weighted by Gasteiger charge is 2.17. The average molecular weight is 612 g/mol. The van der Waals surface area contributed by atoms with Crippen molar-refractivity contribution >= 4 is 43.4 Å². The molecule has 47 heavy (non-hydrogen) atoms. The zero-order chi connectivity index (χ0) is 32.8. The molecule has 0 saturated heterocycles. The van der Waals surface area contributed by atoms with Gasteiger partial charge in [0.25, 0.3) is 0 Å². The fourth-order valence-corrected chi connectivity index (χ4v) is 6.97. The molecule has 1 aromatic heterocycles. The van der Waals surface area contributed by atoms with E-state index in [2.05, 4.69) is 157 Å². The molecule has 0 spiro atoms. The molecule has 234 valence electrons. The van der Waals surface area contributed by atoms with Crippen LogP contribution in [0.4, 0.5) is 0 Å². The van der Waals surface area contributed by atoms with E-state index in [0.29, 0.717) is 0 Å². The molecule has 0 unspecified atom stereocenters. The van der Waals surface area contributed by atoms with Gasteiger partial charge < -0.3 is 4.57 Å². The number of unbranched alkanes of at least 4 members (excludes halogenated alkanes) is 1. The molecule has 0 aliphatic carbocycles. The molecule has 0 fully saturated rings. The largest absolute Gasteiger partial charge is 0.309 e. The Balaban J connectivity index is 0.000000932. The van der Waals surface area contributed by atoms with Crippen LogP contribution in [0.25, 0.3) is 71.3 Å². The van der Waals surface area contributed by atoms with Crippen molar-refractivity contribution in [2.45, 2.75) is 53.9 Å². The van der Waals surface area contributed by atoms with Crippen LogP contribution in [0, 0.1) is 0 Å². The molecule has 1 nitrogen and oxygen atoms in total. The van der Waals surface area contributed by atoms with Gasteiger partial charge in [0.1, 0.15) is 0 Å². The monoisotopic (exact) mass is 611 g/mol. The van der Waals surface area contributed by atoms with Gasteiger partial charge in [-0.25, -0.2) is 0 Å². The summed E-state index contributed by atoms with van der Waals surface area (Å²) in [5.41, 5.74) is 10.2. The standard InChI is InChI=1S/C42H33N.2C2H6/c1-2-3-13-29-22-27-40-38(28-29)33-16-11-12-21-39(33)43(40)32-25-23-31(24-26-32)42-36-19-9-7-17-34(36)41(30-14-5-4-6-15-30)35-18-8-10-20-37(35)42;2*1-2/h4-12,14-28H,2-3,13H2,1H3;2*1-2H3. The minimum atomic E-state index is 1.13. The summed E-state index contributed by atoms with van der Waals surface area (Å²) < 4.78 is 2.42. The van der Waals surface area contributed by atoms with Crippen molar-refractivity contribution in [2.75, 3.05) is 0 Å². The molecule has 1 heteroatoms. The highest BCUT2D eigenvalue weighted by Crippen LogP contribution is 2.44. The van der Waals surface area contributed by atoms with Gasteiger partial charge in [-0.2, -0.15) is 0 Å². The molecule has 0 bridgehead atoms. The van der Waals surface area contributed by atoms with E-state index in [0.717, 1.165) is 6.42 Å². The van der Waals surface area contributed by atoms with E-state index in [-0.39, 0.29) is 0 Å². The van der Waals surface area contributed by atoms with E-state index in [4.69, 9.17) is 0 Å². The summed E-state index contributed by atoms with van der Waals surface area (Å²) in [4.78, 5) is 0. The molecule has 0 amide bonds. The van der Waals surface area contributed by atoms with Gasteiger partial charge in [0, 0.05) is 16.5 Å². The summed E-state index contributed by atoms with van der Waals surface area (Å²) in [5.74, 6) is 0. The molecule has 7 aromatic carbocycles. The number of hydrogen-bond donors (Lipinski definition) is 0. The van der Waals surface area contributed by atoms with Crippen molar-refractivity contribution < 1.29 is 0 Å². The lowest BCUT2D eigenvalue weighted by Crippen LogP contribution is -1.95. The summed E-state index contributed by atoms with van der Waals surface area (Å²) in [6.07, 6.45) is 3.57. The van der Waals surface area contributed by atoms with Crippen LogP contribution >= 0.6 is 0 Å². The fraction of sp³-hybridized carbons (Fsp3) is 0.174. The predicted molar refractivity (Wildman–Crippen MR) is 208 cm³/mol. The van der Waals surface area contributed by atoms with Crippen molar-refractivity contribution in [1.82, 2.24) is 4.57 Å². The van der Waals surface area contributed by atoms with Crippen molar-refractivity contribution in [3.05, 3.63) is 151 Å². The Labute approximate surface area is 280 Å². The number of rotatable bonds is 6. The van der Waals surface area contributed by atoms with Crippen LogP contribution in [0.3, 0.4) is 0 Å². The quantitative estimate of drug-likeness (QED) is 0.165. The molecule has 0 N–H and O–H groups in total. The average Bonchev–Trinajstić information content (AvgIpc) is 3.48. The Kier molecular flexibility index (Phi) is 9.83. The number of nitrogens with zero attached hydrogens (tertiary/aromatic N) is 1. The van der Waals surface area contributed by atoms with Crippen LogP contribution in [0.1, 0.15) is 53.0 Å². The maximum atomic E-state index is 2.42. The lowest BCUT2D eigenvalue weighted by molar-refractivity contribution is 0.796. The molecule has 0 saturated carbocycles. The van der Waals surface area contributed by atoms with Crippen LogP contribution in [0.2, 0.25) is 0 Å². The number of benzene rings is 7. The third-order valence-electron chi connectivity index (χ3n) is 8.96. The summed E-state index contributed by atoms with van der Waals surface area (Å²) in [6.45, 7) is 10.3. The fourth-order valence-electron chi connectivity index (χ4n) is 6.97. The van der Waals surface area contributed by atoms with Crippen LogP contribution in [0.15, 0.2) is 146 Å². The molecular formula is C46H45N. The van der Waals surface area contributed by atoms with E-state index in [1.54, 1.807) is 0 Å². The molecule has 0 aliphatic heterocycles. The highest BCUT2D eigenvalue weighted by atomic mass is 15.0. The maximum absolute atomic E-state index is 2.42. The minimum Gasteiger partial charge on any atom is -0.309 e. The second-order valence-corrected chi connectivity index (χ2v) is 11.6. The van der Waals surface area contributed by atoms with Gasteiger partial charge in [0.15, 0.2) is 0 Å². The number of fused-ring (bicyclic) bond motifs is 5. The molecule has 0 atom stereocenters. The first-order valence-corrected chi connectivity index (χ1v) is 17.4. The Hall–Kier alpha value is -5.14. The zero-order valence-electron chi connectivity index (χ0n) is 28.4. The van der Waals surface area contributed by atoms with Gasteiger partial charge in [-0.05, 0) is 92.5 Å². The van der Waals surface area contributed by atoms with Crippen LogP contribution in [-0.2, 0) is 6.42 Å². The zero-order valence-corrected chi connectivity index (χ0v) is 28.4. The molecule has 0 aliphatic rings. The van der Waals surface area contributed by atoms with Crippen molar-refractivity contribution in [3.63, 3.8) is 0 Å². The van der Waals surface area contributed by atoms with Crippen molar-refractivity contribution in [1.29, 1.82) is 0 Å². The van der Waals surface area contributed by atoms with E-state index < -0.39 is 0 Å². The molecular weight excluding hydrogens is 567 g/mol. The third-order valence-corrected chi connectivity index (χ3v) is 8.96. The Bertz CT molecular complexity index is 2200. The first-order chi connectivity index (χ1) is 23.3. The lowest BCUT2D eigenvalue weighted by atomic mass is 9.86. The summed E-state index contributed by atoms with van der Waals surface area (Å²) >= 11 is 0. The van der Waals surface area contributed by atoms with E-state index in [1.165, 1.54) is 89.7 Å². The van der Waals surface area contributed by atoms with Gasteiger partial charge >= 0.3 is 0 Å². The smallest absolute Gasteiger partial charge is 0.0541 e. The SMILES string of the molecule is CC.CC.CCCCc1ccc2c(c1)c1ccccc1n2-c1ccc(-c2c3ccccc3c(-c3ccccc3)c3ccccc23)cc1. The first-order valence-electron chi connectivity index (χ1n) is 17.4. The van der Waals surface area contributed by atoms with E-state index >= 15 is 0 Å². The Morgan fingerprint density at radius 2 is 0.894 bits per heavy atom. The van der Waals surface area contributed by atoms with Gasteiger partial charge in [-0.1, -0.05) is 156 Å². The number of aromatic nitrogens is 1. The lowest BCUT2D eigenvalue weighted by Gasteiger charge is -2.18. The molecule has 0 radical (unpaired) electrons. The Morgan fingerprint density at radius 1 is 0.426 bits per heavy atom. The second kappa shape index (κ2) is 14.5. The molecule has 8 aromatic rings. The van der Waals surface area contributed by atoms with Gasteiger partial charge in [-0.3, -0.25) is 0 Å². The topological polar surface area (TPSA) is 4.93 Å². The number of para-hydroxylation sites is 1. The summed E-state index contributed by atoms with van der Waals surface area (Å²) in [6, 6.07) is 53.6. The van der Waals surface area contributed by atoms with Gasteiger partial charge in [0.05, 0.1) is 11.0 Å². The summed E-state index contributed by atoms with van der Waals surface area (Å²) in [7, 11) is 0. The third kappa shape index (κ3) is 5.83. The van der Waals surface area contributed by atoms with Crippen LogP contribution in [0.5, 0.6) is 0 Å². The van der Waals surface area contributed by atoms with E-state index in [9.17, 15) is 0 Å². The highest BCUT2D eigenvalue weighted by molar-refractivity contribution is 6.21. The van der Waals surface area contributed by atoms with Crippen LogP contribution < -0.4 is 0 Å². The van der Waals surface area contributed by atoms with Gasteiger partial charge in [0.2, 0.25) is 0 Å². The van der Waals surface area contributed by atoms with Crippen molar-refractivity contribution in [3.8, 4) is 27.9 Å². The first kappa shape index (κ1) is 31.8. The minimum absolute atomic E-state index is 1.13. The molecule has 1 heterocycles. The maximum Gasteiger partial charge on any atom is 0.0541 e. The normalized spacial score (nSPS) is 10.9. The summed E-state index contributed by atoms with van der Waals surface area (Å²) in [5, 5.41) is 7.78. The van der Waals surface area contributed by atoms with E-state index in [1.807, 2.05) is 27.7 Å².